The summed E-state index contributed by atoms with van der Waals surface area (Å²) < 4.78 is 31.8. The van der Waals surface area contributed by atoms with Gasteiger partial charge < -0.3 is 10.5 Å². The predicted octanol–water partition coefficient (Wildman–Crippen LogP) is 2.55. The molecule has 0 aliphatic carbocycles. The maximum Gasteiger partial charge on any atom is 0.140 e. The molecule has 0 amide bonds. The molecule has 0 unspecified atom stereocenters. The van der Waals surface area contributed by atoms with Crippen LogP contribution in [0.5, 0.6) is 0 Å². The maximum absolute atomic E-state index is 13.5. The van der Waals surface area contributed by atoms with Crippen molar-refractivity contribution in [3.05, 3.63) is 29.3 Å². The van der Waals surface area contributed by atoms with Crippen molar-refractivity contribution in [3.8, 4) is 0 Å². The smallest absolute Gasteiger partial charge is 0.140 e. The van der Waals surface area contributed by atoms with E-state index < -0.39 is 11.6 Å². The van der Waals surface area contributed by atoms with E-state index in [0.717, 1.165) is 18.2 Å². The first kappa shape index (κ1) is 13.4. The van der Waals surface area contributed by atoms with Crippen molar-refractivity contribution in [3.63, 3.8) is 0 Å². The van der Waals surface area contributed by atoms with Crippen LogP contribution in [0.25, 0.3) is 0 Å². The van der Waals surface area contributed by atoms with Crippen LogP contribution in [0.3, 0.4) is 0 Å². The van der Waals surface area contributed by atoms with E-state index in [1.807, 2.05) is 0 Å². The van der Waals surface area contributed by atoms with Gasteiger partial charge in [0.2, 0.25) is 0 Å². The first-order valence-corrected chi connectivity index (χ1v) is 5.97. The van der Waals surface area contributed by atoms with Crippen LogP contribution >= 0.6 is 11.8 Å². The van der Waals surface area contributed by atoms with Crippen molar-refractivity contribution in [2.75, 3.05) is 19.5 Å². The molecule has 0 heterocycles. The molecule has 1 aromatic carbocycles. The van der Waals surface area contributed by atoms with Gasteiger partial charge >= 0.3 is 0 Å². The lowest BCUT2D eigenvalue weighted by atomic mass is 10.2. The SMILES string of the molecule is COCCCSc1c(F)cc(CN)cc1F. The molecule has 0 fully saturated rings. The fourth-order valence-electron chi connectivity index (χ4n) is 1.25. The highest BCUT2D eigenvalue weighted by atomic mass is 32.2. The Labute approximate surface area is 98.2 Å². The van der Waals surface area contributed by atoms with Crippen molar-refractivity contribution in [2.24, 2.45) is 5.73 Å². The summed E-state index contributed by atoms with van der Waals surface area (Å²) in [6.07, 6.45) is 0.763. The first-order valence-electron chi connectivity index (χ1n) is 4.98. The third-order valence-corrected chi connectivity index (χ3v) is 3.20. The number of nitrogens with two attached hydrogens (primary N) is 1. The van der Waals surface area contributed by atoms with Gasteiger partial charge in [-0.1, -0.05) is 0 Å². The highest BCUT2D eigenvalue weighted by Gasteiger charge is 2.10. The van der Waals surface area contributed by atoms with E-state index in [0.29, 0.717) is 17.9 Å². The minimum absolute atomic E-state index is 0.0632. The summed E-state index contributed by atoms with van der Waals surface area (Å²) in [6, 6.07) is 2.56. The summed E-state index contributed by atoms with van der Waals surface area (Å²) in [4.78, 5) is 0.0632. The lowest BCUT2D eigenvalue weighted by molar-refractivity contribution is 0.200. The summed E-state index contributed by atoms with van der Waals surface area (Å²) in [7, 11) is 1.60. The molecule has 0 bridgehead atoms. The minimum Gasteiger partial charge on any atom is -0.385 e. The van der Waals surface area contributed by atoms with Crippen molar-refractivity contribution in [1.29, 1.82) is 0 Å². The van der Waals surface area contributed by atoms with Gasteiger partial charge in [0.15, 0.2) is 0 Å². The molecule has 0 aliphatic heterocycles. The van der Waals surface area contributed by atoms with Crippen molar-refractivity contribution in [1.82, 2.24) is 0 Å². The Morgan fingerprint density at radius 1 is 1.31 bits per heavy atom. The van der Waals surface area contributed by atoms with Crippen LogP contribution in [0, 0.1) is 11.6 Å². The Kier molecular flexibility index (Phi) is 5.73. The Balaban J connectivity index is 2.65. The fraction of sp³-hybridized carbons (Fsp3) is 0.455. The van der Waals surface area contributed by atoms with Crippen molar-refractivity contribution >= 4 is 11.8 Å². The molecule has 2 nitrogen and oxygen atoms in total. The molecule has 0 spiro atoms. The molecule has 0 saturated heterocycles. The number of hydrogen-bond acceptors (Lipinski definition) is 3. The van der Waals surface area contributed by atoms with Gasteiger partial charge in [-0.05, 0) is 24.1 Å². The zero-order valence-corrected chi connectivity index (χ0v) is 9.95. The van der Waals surface area contributed by atoms with Gasteiger partial charge in [0.1, 0.15) is 11.6 Å². The predicted molar refractivity (Wildman–Crippen MR) is 61.5 cm³/mol. The number of benzene rings is 1. The Hall–Kier alpha value is -0.650. The molecule has 16 heavy (non-hydrogen) atoms. The zero-order valence-electron chi connectivity index (χ0n) is 9.13. The molecule has 1 rings (SSSR count). The molecule has 90 valence electrons. The lowest BCUT2D eigenvalue weighted by Crippen LogP contribution is -2.00. The largest absolute Gasteiger partial charge is 0.385 e. The average molecular weight is 247 g/mol. The number of thioether (sulfide) groups is 1. The van der Waals surface area contributed by atoms with E-state index >= 15 is 0 Å². The van der Waals surface area contributed by atoms with Gasteiger partial charge in [0.05, 0.1) is 4.90 Å². The Bertz CT molecular complexity index is 324. The molecule has 0 aromatic heterocycles. The number of halogens is 2. The van der Waals surface area contributed by atoms with Crippen LogP contribution in [0.4, 0.5) is 8.78 Å². The topological polar surface area (TPSA) is 35.2 Å². The quantitative estimate of drug-likeness (QED) is 0.620. The van der Waals surface area contributed by atoms with Crippen LogP contribution in [0.15, 0.2) is 17.0 Å². The normalized spacial score (nSPS) is 10.8. The number of methoxy groups -OCH3 is 1. The molecule has 5 heteroatoms. The molecule has 0 aliphatic rings. The Morgan fingerprint density at radius 2 is 1.94 bits per heavy atom. The third kappa shape index (κ3) is 3.73. The monoisotopic (exact) mass is 247 g/mol. The molecule has 0 radical (unpaired) electrons. The van der Waals surface area contributed by atoms with E-state index in [9.17, 15) is 8.78 Å². The molecular formula is C11H15F2NOS. The second-order valence-electron chi connectivity index (χ2n) is 3.29. The summed E-state index contributed by atoms with van der Waals surface area (Å²) in [5.74, 6) is -0.449. The summed E-state index contributed by atoms with van der Waals surface area (Å²) in [5.41, 5.74) is 5.79. The summed E-state index contributed by atoms with van der Waals surface area (Å²) >= 11 is 1.16. The molecule has 1 aromatic rings. The average Bonchev–Trinajstić information content (AvgIpc) is 2.26. The van der Waals surface area contributed by atoms with E-state index in [-0.39, 0.29) is 11.4 Å². The zero-order chi connectivity index (χ0) is 12.0. The molecular weight excluding hydrogens is 232 g/mol. The standard InChI is InChI=1S/C11H15F2NOS/c1-15-3-2-4-16-11-9(12)5-8(7-14)6-10(11)13/h5-6H,2-4,7,14H2,1H3. The van der Waals surface area contributed by atoms with Gasteiger partial charge in [-0.15, -0.1) is 11.8 Å². The highest BCUT2D eigenvalue weighted by Crippen LogP contribution is 2.26. The minimum atomic E-state index is -0.539. The summed E-state index contributed by atoms with van der Waals surface area (Å²) in [6.45, 7) is 0.736. The maximum atomic E-state index is 13.5. The number of ether oxygens (including phenoxy) is 1. The molecule has 0 atom stereocenters. The second kappa shape index (κ2) is 6.83. The lowest BCUT2D eigenvalue weighted by Gasteiger charge is -2.06. The number of rotatable bonds is 6. The van der Waals surface area contributed by atoms with E-state index in [1.165, 1.54) is 12.1 Å². The fourth-order valence-corrected chi connectivity index (χ4v) is 2.11. The van der Waals surface area contributed by atoms with Gasteiger partial charge in [-0.3, -0.25) is 0 Å². The van der Waals surface area contributed by atoms with Crippen LogP contribution in [0.2, 0.25) is 0 Å². The van der Waals surface area contributed by atoms with E-state index in [1.54, 1.807) is 7.11 Å². The van der Waals surface area contributed by atoms with Crippen LogP contribution in [-0.2, 0) is 11.3 Å². The van der Waals surface area contributed by atoms with E-state index in [4.69, 9.17) is 10.5 Å². The van der Waals surface area contributed by atoms with Crippen molar-refractivity contribution in [2.45, 2.75) is 17.9 Å². The van der Waals surface area contributed by atoms with Crippen LogP contribution in [0.1, 0.15) is 12.0 Å². The van der Waals surface area contributed by atoms with Crippen LogP contribution < -0.4 is 5.73 Å². The third-order valence-electron chi connectivity index (χ3n) is 2.03. The van der Waals surface area contributed by atoms with Gasteiger partial charge in [-0.25, -0.2) is 8.78 Å². The van der Waals surface area contributed by atoms with E-state index in [2.05, 4.69) is 0 Å². The first-order chi connectivity index (χ1) is 7.69. The van der Waals surface area contributed by atoms with Crippen LogP contribution in [-0.4, -0.2) is 19.5 Å². The summed E-state index contributed by atoms with van der Waals surface area (Å²) in [5, 5.41) is 0. The molecule has 2 N–H and O–H groups in total. The molecule has 0 saturated carbocycles. The highest BCUT2D eigenvalue weighted by molar-refractivity contribution is 7.99. The Morgan fingerprint density at radius 3 is 2.44 bits per heavy atom. The van der Waals surface area contributed by atoms with Gasteiger partial charge in [0, 0.05) is 26.0 Å². The van der Waals surface area contributed by atoms with Gasteiger partial charge in [-0.2, -0.15) is 0 Å². The second-order valence-corrected chi connectivity index (χ2v) is 4.39. The number of hydrogen-bond donors (Lipinski definition) is 1. The van der Waals surface area contributed by atoms with Crippen molar-refractivity contribution < 1.29 is 13.5 Å². The van der Waals surface area contributed by atoms with Gasteiger partial charge in [0.25, 0.3) is 0 Å².